The normalized spacial score (nSPS) is 16.4. The molecule has 2 rings (SSSR count). The van der Waals surface area contributed by atoms with Gasteiger partial charge in [-0.05, 0) is 43.9 Å². The number of carbonyl (C=O) groups excluding carboxylic acids is 1. The Bertz CT molecular complexity index is 411. The second kappa shape index (κ2) is 6.05. The lowest BCUT2D eigenvalue weighted by Crippen LogP contribution is -1.97. The monoisotopic (exact) mass is 312 g/mol. The number of Topliss-reactive ketones (excluding diaryl/α,β-unsaturated/α-hetero) is 1. The van der Waals surface area contributed by atoms with E-state index in [1.807, 2.05) is 17.8 Å². The molecule has 0 amide bonds. The number of halogens is 1. The molecule has 0 aliphatic heterocycles. The summed E-state index contributed by atoms with van der Waals surface area (Å²) in [5.41, 5.74) is 0.773. The minimum Gasteiger partial charge on any atom is -0.294 e. The molecule has 1 aliphatic carbocycles. The van der Waals surface area contributed by atoms with Crippen LogP contribution in [-0.4, -0.2) is 11.5 Å². The van der Waals surface area contributed by atoms with E-state index in [9.17, 15) is 4.79 Å². The van der Waals surface area contributed by atoms with Gasteiger partial charge in [0.15, 0.2) is 5.78 Å². The Labute approximate surface area is 115 Å². The third-order valence-electron chi connectivity index (χ3n) is 3.28. The minimum atomic E-state index is 0.115. The number of thioether (sulfide) groups is 1. The van der Waals surface area contributed by atoms with Crippen LogP contribution in [-0.2, 0) is 0 Å². The molecule has 1 aliphatic rings. The van der Waals surface area contributed by atoms with Crippen LogP contribution in [0.15, 0.2) is 27.6 Å². The van der Waals surface area contributed by atoms with Gasteiger partial charge in [0.2, 0.25) is 0 Å². The predicted molar refractivity (Wildman–Crippen MR) is 76.8 cm³/mol. The van der Waals surface area contributed by atoms with E-state index in [1.54, 1.807) is 6.92 Å². The van der Waals surface area contributed by atoms with Gasteiger partial charge in [0.1, 0.15) is 0 Å². The number of rotatable bonds is 4. The molecule has 1 fully saturated rings. The lowest BCUT2D eigenvalue weighted by Gasteiger charge is -2.09. The van der Waals surface area contributed by atoms with Crippen molar-refractivity contribution in [3.8, 4) is 0 Å². The SMILES string of the molecule is CC(=O)c1ccc(SCC2CCCC2)cc1Br. The van der Waals surface area contributed by atoms with Gasteiger partial charge in [0.25, 0.3) is 0 Å². The van der Waals surface area contributed by atoms with Gasteiger partial charge >= 0.3 is 0 Å². The van der Waals surface area contributed by atoms with Crippen LogP contribution in [0.1, 0.15) is 43.0 Å². The summed E-state index contributed by atoms with van der Waals surface area (Å²) in [4.78, 5) is 12.6. The van der Waals surface area contributed by atoms with Gasteiger partial charge in [-0.15, -0.1) is 11.8 Å². The Hall–Kier alpha value is -0.280. The molecule has 1 aromatic rings. The maximum Gasteiger partial charge on any atom is 0.160 e. The smallest absolute Gasteiger partial charge is 0.160 e. The van der Waals surface area contributed by atoms with Gasteiger partial charge in [0, 0.05) is 20.7 Å². The quantitative estimate of drug-likeness (QED) is 0.579. The van der Waals surface area contributed by atoms with E-state index in [2.05, 4.69) is 28.1 Å². The van der Waals surface area contributed by atoms with E-state index in [-0.39, 0.29) is 5.78 Å². The van der Waals surface area contributed by atoms with Crippen LogP contribution in [0.5, 0.6) is 0 Å². The summed E-state index contributed by atoms with van der Waals surface area (Å²) in [6, 6.07) is 6.04. The third-order valence-corrected chi connectivity index (χ3v) is 5.16. The molecule has 0 N–H and O–H groups in total. The van der Waals surface area contributed by atoms with Gasteiger partial charge in [-0.2, -0.15) is 0 Å². The molecule has 0 aromatic heterocycles. The zero-order valence-electron chi connectivity index (χ0n) is 10.0. The Morgan fingerprint density at radius 3 is 2.71 bits per heavy atom. The lowest BCUT2D eigenvalue weighted by atomic mass is 10.1. The van der Waals surface area contributed by atoms with E-state index in [1.165, 1.54) is 36.3 Å². The highest BCUT2D eigenvalue weighted by Crippen LogP contribution is 2.32. The molecule has 3 heteroatoms. The molecular formula is C14H17BrOS. The van der Waals surface area contributed by atoms with E-state index in [0.29, 0.717) is 0 Å². The predicted octanol–water partition coefficient (Wildman–Crippen LogP) is 4.93. The second-order valence-corrected chi connectivity index (χ2v) is 6.61. The average molecular weight is 313 g/mol. The molecule has 0 atom stereocenters. The Balaban J connectivity index is 1.97. The summed E-state index contributed by atoms with van der Waals surface area (Å²) in [5, 5.41) is 0. The summed E-state index contributed by atoms with van der Waals surface area (Å²) in [5.74, 6) is 2.22. The molecule has 0 saturated heterocycles. The van der Waals surface area contributed by atoms with Gasteiger partial charge < -0.3 is 0 Å². The van der Waals surface area contributed by atoms with Crippen molar-refractivity contribution in [2.24, 2.45) is 5.92 Å². The van der Waals surface area contributed by atoms with E-state index >= 15 is 0 Å². The Morgan fingerprint density at radius 1 is 1.41 bits per heavy atom. The standard InChI is InChI=1S/C14H17BrOS/c1-10(16)13-7-6-12(8-14(13)15)17-9-11-4-2-3-5-11/h6-8,11H,2-5,9H2,1H3. The van der Waals surface area contributed by atoms with Crippen LogP contribution in [0.2, 0.25) is 0 Å². The second-order valence-electron chi connectivity index (χ2n) is 4.66. The van der Waals surface area contributed by atoms with Crippen LogP contribution in [0.25, 0.3) is 0 Å². The third kappa shape index (κ3) is 3.59. The average Bonchev–Trinajstić information content (AvgIpc) is 2.78. The van der Waals surface area contributed by atoms with Gasteiger partial charge in [-0.3, -0.25) is 4.79 Å². The lowest BCUT2D eigenvalue weighted by molar-refractivity contribution is 0.101. The summed E-state index contributed by atoms with van der Waals surface area (Å²) in [6.45, 7) is 1.60. The van der Waals surface area contributed by atoms with Crippen molar-refractivity contribution in [1.82, 2.24) is 0 Å². The van der Waals surface area contributed by atoms with Crippen molar-refractivity contribution in [3.05, 3.63) is 28.2 Å². The van der Waals surface area contributed by atoms with E-state index < -0.39 is 0 Å². The number of hydrogen-bond donors (Lipinski definition) is 0. The summed E-state index contributed by atoms with van der Waals surface area (Å²) >= 11 is 5.38. The van der Waals surface area contributed by atoms with Crippen LogP contribution in [0, 0.1) is 5.92 Å². The maximum atomic E-state index is 11.3. The van der Waals surface area contributed by atoms with E-state index in [4.69, 9.17) is 0 Å². The Kier molecular flexibility index (Phi) is 4.69. The molecular weight excluding hydrogens is 296 g/mol. The van der Waals surface area contributed by atoms with Gasteiger partial charge in [-0.1, -0.05) is 28.8 Å². The number of benzene rings is 1. The number of carbonyl (C=O) groups is 1. The molecule has 0 heterocycles. The highest BCUT2D eigenvalue weighted by Gasteiger charge is 2.15. The van der Waals surface area contributed by atoms with Gasteiger partial charge in [-0.25, -0.2) is 0 Å². The zero-order valence-corrected chi connectivity index (χ0v) is 12.4. The first kappa shape index (κ1) is 13.2. The first-order valence-electron chi connectivity index (χ1n) is 6.10. The molecule has 0 radical (unpaired) electrons. The molecule has 0 spiro atoms. The molecule has 1 nitrogen and oxygen atoms in total. The fraction of sp³-hybridized carbons (Fsp3) is 0.500. The highest BCUT2D eigenvalue weighted by molar-refractivity contribution is 9.10. The van der Waals surface area contributed by atoms with Crippen molar-refractivity contribution < 1.29 is 4.79 Å². The fourth-order valence-corrected chi connectivity index (χ4v) is 4.20. The molecule has 0 bridgehead atoms. The van der Waals surface area contributed by atoms with E-state index in [0.717, 1.165) is 16.0 Å². The van der Waals surface area contributed by atoms with Crippen LogP contribution < -0.4 is 0 Å². The molecule has 17 heavy (non-hydrogen) atoms. The number of ketones is 1. The van der Waals surface area contributed by atoms with Crippen molar-refractivity contribution in [2.75, 3.05) is 5.75 Å². The van der Waals surface area contributed by atoms with Crippen molar-refractivity contribution in [3.63, 3.8) is 0 Å². The fourth-order valence-electron chi connectivity index (χ4n) is 2.26. The molecule has 1 saturated carbocycles. The van der Waals surface area contributed by atoms with Crippen LogP contribution >= 0.6 is 27.7 Å². The summed E-state index contributed by atoms with van der Waals surface area (Å²) in [7, 11) is 0. The van der Waals surface area contributed by atoms with Crippen molar-refractivity contribution >= 4 is 33.5 Å². The first-order valence-corrected chi connectivity index (χ1v) is 7.88. The highest BCUT2D eigenvalue weighted by atomic mass is 79.9. The Morgan fingerprint density at radius 2 is 2.12 bits per heavy atom. The minimum absolute atomic E-state index is 0.115. The van der Waals surface area contributed by atoms with Crippen molar-refractivity contribution in [2.45, 2.75) is 37.5 Å². The van der Waals surface area contributed by atoms with Crippen LogP contribution in [0.4, 0.5) is 0 Å². The molecule has 92 valence electrons. The topological polar surface area (TPSA) is 17.1 Å². The first-order chi connectivity index (χ1) is 8.16. The largest absolute Gasteiger partial charge is 0.294 e. The molecule has 0 unspecified atom stereocenters. The summed E-state index contributed by atoms with van der Waals surface area (Å²) < 4.78 is 0.918. The molecule has 1 aromatic carbocycles. The van der Waals surface area contributed by atoms with Gasteiger partial charge in [0.05, 0.1) is 0 Å². The zero-order chi connectivity index (χ0) is 12.3. The maximum absolute atomic E-state index is 11.3. The van der Waals surface area contributed by atoms with Crippen LogP contribution in [0.3, 0.4) is 0 Å². The number of hydrogen-bond acceptors (Lipinski definition) is 2. The van der Waals surface area contributed by atoms with Crippen molar-refractivity contribution in [1.29, 1.82) is 0 Å². The summed E-state index contributed by atoms with van der Waals surface area (Å²) in [6.07, 6.45) is 5.58.